The average molecular weight is 462 g/mol. The van der Waals surface area contributed by atoms with Gasteiger partial charge in [0.25, 0.3) is 5.56 Å². The second-order valence-electron chi connectivity index (χ2n) is 8.72. The first-order chi connectivity index (χ1) is 16.3. The van der Waals surface area contributed by atoms with Crippen molar-refractivity contribution in [3.63, 3.8) is 0 Å². The summed E-state index contributed by atoms with van der Waals surface area (Å²) >= 11 is 0. The molecule has 7 heteroatoms. The molecule has 1 aromatic carbocycles. The first-order valence-electron chi connectivity index (χ1n) is 11.4. The highest BCUT2D eigenvalue weighted by molar-refractivity contribution is 5.82. The van der Waals surface area contributed by atoms with E-state index in [0.717, 1.165) is 22.4 Å². The number of rotatable bonds is 9. The van der Waals surface area contributed by atoms with E-state index in [1.807, 2.05) is 51.1 Å². The van der Waals surface area contributed by atoms with Crippen LogP contribution < -0.4 is 10.9 Å². The van der Waals surface area contributed by atoms with Crippen LogP contribution >= 0.6 is 0 Å². The summed E-state index contributed by atoms with van der Waals surface area (Å²) in [6.45, 7) is 6.00. The van der Waals surface area contributed by atoms with E-state index in [1.54, 1.807) is 30.6 Å². The van der Waals surface area contributed by atoms with Crippen LogP contribution in [0.1, 0.15) is 49.9 Å². The van der Waals surface area contributed by atoms with Crippen LogP contribution in [-0.4, -0.2) is 28.5 Å². The molecule has 0 aliphatic rings. The maximum atomic E-state index is 13.5. The van der Waals surface area contributed by atoms with E-state index in [0.29, 0.717) is 6.42 Å². The number of aromatic nitrogens is 2. The van der Waals surface area contributed by atoms with Crippen molar-refractivity contribution in [2.75, 3.05) is 7.11 Å². The minimum Gasteiger partial charge on any atom is -0.469 e. The van der Waals surface area contributed by atoms with Gasteiger partial charge in [-0.1, -0.05) is 44.2 Å². The van der Waals surface area contributed by atoms with Gasteiger partial charge in [-0.3, -0.25) is 19.4 Å². The molecule has 1 amide bonds. The number of hydrogen-bond acceptors (Lipinski definition) is 5. The van der Waals surface area contributed by atoms with Gasteiger partial charge in [0.05, 0.1) is 25.3 Å². The topological polar surface area (TPSA) is 90.3 Å². The van der Waals surface area contributed by atoms with E-state index in [-0.39, 0.29) is 23.8 Å². The first kappa shape index (κ1) is 24.9. The summed E-state index contributed by atoms with van der Waals surface area (Å²) in [6.07, 6.45) is 3.72. The van der Waals surface area contributed by atoms with Crippen LogP contribution in [0.4, 0.5) is 0 Å². The lowest BCUT2D eigenvalue weighted by Gasteiger charge is -2.25. The van der Waals surface area contributed by atoms with Crippen molar-refractivity contribution < 1.29 is 14.3 Å². The Morgan fingerprint density at radius 3 is 2.50 bits per heavy atom. The molecule has 7 nitrogen and oxygen atoms in total. The van der Waals surface area contributed by atoms with E-state index >= 15 is 0 Å². The highest BCUT2D eigenvalue weighted by Gasteiger charge is 2.27. The fourth-order valence-corrected chi connectivity index (χ4v) is 3.93. The maximum absolute atomic E-state index is 13.5. The summed E-state index contributed by atoms with van der Waals surface area (Å²) in [5.41, 5.74) is 3.27. The summed E-state index contributed by atoms with van der Waals surface area (Å²) in [5, 5.41) is 3.00. The first-order valence-corrected chi connectivity index (χ1v) is 11.4. The van der Waals surface area contributed by atoms with Gasteiger partial charge < -0.3 is 14.6 Å². The van der Waals surface area contributed by atoms with Gasteiger partial charge in [-0.25, -0.2) is 0 Å². The predicted molar refractivity (Wildman–Crippen MR) is 131 cm³/mol. The van der Waals surface area contributed by atoms with E-state index in [9.17, 15) is 14.4 Å². The monoisotopic (exact) mass is 461 g/mol. The largest absolute Gasteiger partial charge is 0.469 e. The standard InChI is InChI=1S/C27H31N3O4/c1-18(2)15-24(30-14-8-7-11-25(30)31)27(33)29-22(17-26(32)34-4)20-12-13-28-23(16-20)21-10-6-5-9-19(21)3/h5-14,16,18,22,24H,15,17H2,1-4H3,(H,29,33). The summed E-state index contributed by atoms with van der Waals surface area (Å²) in [7, 11) is 1.32. The molecule has 2 heterocycles. The van der Waals surface area contributed by atoms with Gasteiger partial charge in [0, 0.05) is 24.0 Å². The Labute approximate surface area is 199 Å². The molecule has 0 radical (unpaired) electrons. The molecular weight excluding hydrogens is 430 g/mol. The van der Waals surface area contributed by atoms with Gasteiger partial charge in [-0.05, 0) is 48.6 Å². The molecule has 0 saturated carbocycles. The molecule has 2 atom stereocenters. The number of aryl methyl sites for hydroxylation is 1. The highest BCUT2D eigenvalue weighted by atomic mass is 16.5. The molecule has 0 fully saturated rings. The Kier molecular flexibility index (Phi) is 8.35. The number of pyridine rings is 2. The number of amides is 1. The molecule has 3 aromatic rings. The Morgan fingerprint density at radius 1 is 1.09 bits per heavy atom. The third kappa shape index (κ3) is 6.19. The zero-order chi connectivity index (χ0) is 24.7. The normalized spacial score (nSPS) is 12.7. The minimum absolute atomic E-state index is 0.0441. The van der Waals surface area contributed by atoms with Crippen LogP contribution in [-0.2, 0) is 14.3 Å². The van der Waals surface area contributed by atoms with Crippen LogP contribution in [0.2, 0.25) is 0 Å². The summed E-state index contributed by atoms with van der Waals surface area (Å²) < 4.78 is 6.33. The second kappa shape index (κ2) is 11.4. The molecule has 2 unspecified atom stereocenters. The van der Waals surface area contributed by atoms with Crippen molar-refractivity contribution in [1.82, 2.24) is 14.9 Å². The molecule has 34 heavy (non-hydrogen) atoms. The number of benzene rings is 1. The quantitative estimate of drug-likeness (QED) is 0.482. The Morgan fingerprint density at radius 2 is 1.82 bits per heavy atom. The highest BCUT2D eigenvalue weighted by Crippen LogP contribution is 2.26. The van der Waals surface area contributed by atoms with Gasteiger partial charge >= 0.3 is 5.97 Å². The molecule has 0 saturated heterocycles. The van der Waals surface area contributed by atoms with E-state index in [1.165, 1.54) is 17.7 Å². The zero-order valence-corrected chi connectivity index (χ0v) is 20.0. The summed E-state index contributed by atoms with van der Waals surface area (Å²) in [5.74, 6) is -0.600. The number of ether oxygens (including phenoxy) is 1. The number of carbonyl (C=O) groups is 2. The van der Waals surface area contributed by atoms with Crippen LogP contribution in [0.3, 0.4) is 0 Å². The predicted octanol–water partition coefficient (Wildman–Crippen LogP) is 4.23. The van der Waals surface area contributed by atoms with Gasteiger partial charge in [-0.15, -0.1) is 0 Å². The summed E-state index contributed by atoms with van der Waals surface area (Å²) in [6, 6.07) is 15.0. The van der Waals surface area contributed by atoms with Crippen molar-refractivity contribution in [3.8, 4) is 11.3 Å². The van der Waals surface area contributed by atoms with Crippen molar-refractivity contribution in [2.45, 2.75) is 45.7 Å². The lowest BCUT2D eigenvalue weighted by Crippen LogP contribution is -2.40. The van der Waals surface area contributed by atoms with Gasteiger partial charge in [-0.2, -0.15) is 0 Å². The van der Waals surface area contributed by atoms with Gasteiger partial charge in [0.15, 0.2) is 0 Å². The zero-order valence-electron chi connectivity index (χ0n) is 20.0. The van der Waals surface area contributed by atoms with Gasteiger partial charge in [0.1, 0.15) is 6.04 Å². The van der Waals surface area contributed by atoms with Crippen molar-refractivity contribution in [3.05, 3.63) is 88.5 Å². The molecule has 0 aliphatic carbocycles. The number of carbonyl (C=O) groups excluding carboxylic acids is 2. The number of methoxy groups -OCH3 is 1. The molecule has 1 N–H and O–H groups in total. The number of esters is 1. The molecule has 0 bridgehead atoms. The Hall–Kier alpha value is -3.74. The number of nitrogens with one attached hydrogen (secondary N) is 1. The Balaban J connectivity index is 1.96. The maximum Gasteiger partial charge on any atom is 0.307 e. The molecular formula is C27H31N3O4. The summed E-state index contributed by atoms with van der Waals surface area (Å²) in [4.78, 5) is 42.6. The van der Waals surface area contributed by atoms with Crippen molar-refractivity contribution in [1.29, 1.82) is 0 Å². The lowest BCUT2D eigenvalue weighted by molar-refractivity contribution is -0.141. The van der Waals surface area contributed by atoms with Gasteiger partial charge in [0.2, 0.25) is 5.91 Å². The molecule has 3 rings (SSSR count). The second-order valence-corrected chi connectivity index (χ2v) is 8.72. The minimum atomic E-state index is -0.702. The van der Waals surface area contributed by atoms with Crippen LogP contribution in [0, 0.1) is 12.8 Å². The average Bonchev–Trinajstić information content (AvgIpc) is 2.82. The van der Waals surface area contributed by atoms with Crippen molar-refractivity contribution in [2.24, 2.45) is 5.92 Å². The Bertz CT molecular complexity index is 1200. The molecule has 178 valence electrons. The fourth-order valence-electron chi connectivity index (χ4n) is 3.93. The fraction of sp³-hybridized carbons (Fsp3) is 0.333. The van der Waals surface area contributed by atoms with E-state index in [2.05, 4.69) is 10.3 Å². The molecule has 0 aliphatic heterocycles. The third-order valence-corrected chi connectivity index (χ3v) is 5.71. The SMILES string of the molecule is COC(=O)CC(NC(=O)C(CC(C)C)n1ccccc1=O)c1ccnc(-c2ccccc2C)c1. The van der Waals surface area contributed by atoms with Crippen LogP contribution in [0.25, 0.3) is 11.3 Å². The van der Waals surface area contributed by atoms with Crippen LogP contribution in [0.5, 0.6) is 0 Å². The smallest absolute Gasteiger partial charge is 0.307 e. The lowest BCUT2D eigenvalue weighted by atomic mass is 9.98. The van der Waals surface area contributed by atoms with E-state index < -0.39 is 18.1 Å². The number of nitrogens with zero attached hydrogens (tertiary/aromatic N) is 2. The van der Waals surface area contributed by atoms with Crippen molar-refractivity contribution >= 4 is 11.9 Å². The van der Waals surface area contributed by atoms with E-state index in [4.69, 9.17) is 4.74 Å². The number of hydrogen-bond donors (Lipinski definition) is 1. The third-order valence-electron chi connectivity index (χ3n) is 5.71. The molecule has 0 spiro atoms. The molecule has 2 aromatic heterocycles. The van der Waals surface area contributed by atoms with Crippen LogP contribution in [0.15, 0.2) is 71.8 Å².